The smallest absolute Gasteiger partial charge is 0.269 e. The molecule has 3 aromatic rings. The molecular formula is C16H15N5O3. The van der Waals surface area contributed by atoms with Crippen LogP contribution in [0.3, 0.4) is 0 Å². The van der Waals surface area contributed by atoms with E-state index >= 15 is 0 Å². The second-order valence-electron chi connectivity index (χ2n) is 5.48. The van der Waals surface area contributed by atoms with Gasteiger partial charge in [-0.05, 0) is 32.0 Å². The third kappa shape index (κ3) is 2.69. The molecule has 8 nitrogen and oxygen atoms in total. The fourth-order valence-electron chi connectivity index (χ4n) is 2.61. The molecule has 0 aliphatic carbocycles. The molecule has 2 heterocycles. The van der Waals surface area contributed by atoms with Gasteiger partial charge in [0.1, 0.15) is 0 Å². The number of aryl methyl sites for hydroxylation is 3. The van der Waals surface area contributed by atoms with Gasteiger partial charge < -0.3 is 5.32 Å². The number of hydrogen-bond acceptors (Lipinski definition) is 5. The number of amides is 1. The third-order valence-electron chi connectivity index (χ3n) is 3.68. The molecule has 0 spiro atoms. The highest BCUT2D eigenvalue weighted by molar-refractivity contribution is 6.12. The minimum atomic E-state index is -0.486. The Morgan fingerprint density at radius 1 is 1.25 bits per heavy atom. The summed E-state index contributed by atoms with van der Waals surface area (Å²) in [6.45, 7) is 3.63. The lowest BCUT2D eigenvalue weighted by atomic mass is 10.1. The Labute approximate surface area is 137 Å². The molecule has 0 bridgehead atoms. The second-order valence-corrected chi connectivity index (χ2v) is 5.48. The maximum absolute atomic E-state index is 12.7. The van der Waals surface area contributed by atoms with E-state index in [9.17, 15) is 14.9 Å². The van der Waals surface area contributed by atoms with Crippen LogP contribution in [0.5, 0.6) is 0 Å². The summed E-state index contributed by atoms with van der Waals surface area (Å²) in [4.78, 5) is 27.3. The van der Waals surface area contributed by atoms with Crippen LogP contribution in [0.15, 0.2) is 30.3 Å². The van der Waals surface area contributed by atoms with E-state index in [1.165, 1.54) is 24.3 Å². The first-order valence-corrected chi connectivity index (χ1v) is 7.23. The molecule has 8 heteroatoms. The molecular weight excluding hydrogens is 310 g/mol. The Hall–Kier alpha value is -3.29. The van der Waals surface area contributed by atoms with Crippen LogP contribution in [-0.4, -0.2) is 25.6 Å². The van der Waals surface area contributed by atoms with E-state index < -0.39 is 4.92 Å². The number of carbonyl (C=O) groups is 1. The molecule has 3 rings (SSSR count). The molecule has 0 aliphatic rings. The number of carbonyl (C=O) groups excluding carboxylic acids is 1. The van der Waals surface area contributed by atoms with E-state index in [0.29, 0.717) is 33.7 Å². The first-order valence-electron chi connectivity index (χ1n) is 7.23. The van der Waals surface area contributed by atoms with Gasteiger partial charge in [-0.15, -0.1) is 0 Å². The number of nitrogens with one attached hydrogen (secondary N) is 1. The zero-order chi connectivity index (χ0) is 17.4. The SMILES string of the molecule is Cc1cc(C(=O)Nc2ccc([N+](=O)[O-])cc2)c2c(C)nn(C)c2n1. The molecule has 2 aromatic heterocycles. The van der Waals surface area contributed by atoms with E-state index in [-0.39, 0.29) is 11.6 Å². The summed E-state index contributed by atoms with van der Waals surface area (Å²) in [6.07, 6.45) is 0. The van der Waals surface area contributed by atoms with Crippen LogP contribution in [0.4, 0.5) is 11.4 Å². The lowest BCUT2D eigenvalue weighted by molar-refractivity contribution is -0.384. The van der Waals surface area contributed by atoms with Crippen molar-refractivity contribution in [1.29, 1.82) is 0 Å². The number of nitro groups is 1. The minimum absolute atomic E-state index is 0.0294. The molecule has 122 valence electrons. The van der Waals surface area contributed by atoms with Gasteiger partial charge in [0, 0.05) is 30.6 Å². The number of hydrogen-bond donors (Lipinski definition) is 1. The number of benzene rings is 1. The van der Waals surface area contributed by atoms with Crippen molar-refractivity contribution in [3.05, 3.63) is 57.4 Å². The van der Waals surface area contributed by atoms with Gasteiger partial charge in [0.05, 0.1) is 21.6 Å². The van der Waals surface area contributed by atoms with Crippen molar-refractivity contribution in [2.45, 2.75) is 13.8 Å². The van der Waals surface area contributed by atoms with Crippen LogP contribution in [0.2, 0.25) is 0 Å². The molecule has 24 heavy (non-hydrogen) atoms. The van der Waals surface area contributed by atoms with Crippen molar-refractivity contribution in [2.75, 3.05) is 5.32 Å². The molecule has 0 radical (unpaired) electrons. The molecule has 0 unspecified atom stereocenters. The zero-order valence-corrected chi connectivity index (χ0v) is 13.4. The van der Waals surface area contributed by atoms with Gasteiger partial charge in [-0.3, -0.25) is 19.6 Å². The van der Waals surface area contributed by atoms with E-state index in [1.807, 2.05) is 13.8 Å². The molecule has 0 fully saturated rings. The normalized spacial score (nSPS) is 10.8. The number of non-ortho nitro benzene ring substituents is 1. The van der Waals surface area contributed by atoms with Gasteiger partial charge in [-0.25, -0.2) is 4.98 Å². The van der Waals surface area contributed by atoms with Crippen molar-refractivity contribution in [3.8, 4) is 0 Å². The Morgan fingerprint density at radius 2 is 1.92 bits per heavy atom. The maximum atomic E-state index is 12.7. The Balaban J connectivity index is 1.98. The monoisotopic (exact) mass is 325 g/mol. The fraction of sp³-hybridized carbons (Fsp3) is 0.188. The van der Waals surface area contributed by atoms with E-state index in [4.69, 9.17) is 0 Å². The number of aromatic nitrogens is 3. The van der Waals surface area contributed by atoms with E-state index in [1.54, 1.807) is 17.8 Å². The predicted molar refractivity (Wildman–Crippen MR) is 89.0 cm³/mol. The number of nitro benzene ring substituents is 1. The molecule has 1 aromatic carbocycles. The standard InChI is InChI=1S/C16H15N5O3/c1-9-8-13(14-10(2)19-20(3)15(14)17-9)16(22)18-11-4-6-12(7-5-11)21(23)24/h4-8H,1-3H3,(H,18,22). The lowest BCUT2D eigenvalue weighted by Crippen LogP contribution is -2.13. The predicted octanol–water partition coefficient (Wildman–Crippen LogP) is 2.75. The van der Waals surface area contributed by atoms with Crippen LogP contribution in [0.1, 0.15) is 21.7 Å². The number of rotatable bonds is 3. The topological polar surface area (TPSA) is 103 Å². The third-order valence-corrected chi connectivity index (χ3v) is 3.68. The van der Waals surface area contributed by atoms with Gasteiger partial charge in [0.15, 0.2) is 5.65 Å². The Kier molecular flexibility index (Phi) is 3.72. The molecule has 0 aliphatic heterocycles. The van der Waals surface area contributed by atoms with Crippen molar-refractivity contribution in [2.24, 2.45) is 7.05 Å². The van der Waals surface area contributed by atoms with Crippen molar-refractivity contribution < 1.29 is 9.72 Å². The zero-order valence-electron chi connectivity index (χ0n) is 13.4. The average Bonchev–Trinajstić information content (AvgIpc) is 2.81. The van der Waals surface area contributed by atoms with Crippen molar-refractivity contribution in [1.82, 2.24) is 14.8 Å². The molecule has 0 atom stereocenters. The first-order chi connectivity index (χ1) is 11.4. The summed E-state index contributed by atoms with van der Waals surface area (Å²) in [5.74, 6) is -0.310. The maximum Gasteiger partial charge on any atom is 0.269 e. The molecule has 0 saturated heterocycles. The fourth-order valence-corrected chi connectivity index (χ4v) is 2.61. The highest BCUT2D eigenvalue weighted by Crippen LogP contribution is 2.23. The molecule has 1 N–H and O–H groups in total. The van der Waals surface area contributed by atoms with Crippen molar-refractivity contribution >= 4 is 28.3 Å². The molecule has 0 saturated carbocycles. The van der Waals surface area contributed by atoms with Crippen LogP contribution in [0.25, 0.3) is 11.0 Å². The minimum Gasteiger partial charge on any atom is -0.322 e. The van der Waals surface area contributed by atoms with Gasteiger partial charge in [-0.2, -0.15) is 5.10 Å². The summed E-state index contributed by atoms with van der Waals surface area (Å²) in [5.41, 5.74) is 2.99. The summed E-state index contributed by atoms with van der Waals surface area (Å²) in [7, 11) is 1.78. The van der Waals surface area contributed by atoms with Crippen LogP contribution < -0.4 is 5.32 Å². The Morgan fingerprint density at radius 3 is 2.54 bits per heavy atom. The van der Waals surface area contributed by atoms with Gasteiger partial charge in [0.25, 0.3) is 11.6 Å². The summed E-state index contributed by atoms with van der Waals surface area (Å²) < 4.78 is 1.64. The van der Waals surface area contributed by atoms with Crippen molar-refractivity contribution in [3.63, 3.8) is 0 Å². The summed E-state index contributed by atoms with van der Waals surface area (Å²) >= 11 is 0. The number of fused-ring (bicyclic) bond motifs is 1. The summed E-state index contributed by atoms with van der Waals surface area (Å²) in [6, 6.07) is 7.39. The average molecular weight is 325 g/mol. The highest BCUT2D eigenvalue weighted by Gasteiger charge is 2.18. The molecule has 1 amide bonds. The van der Waals surface area contributed by atoms with Gasteiger partial charge >= 0.3 is 0 Å². The number of pyridine rings is 1. The lowest BCUT2D eigenvalue weighted by Gasteiger charge is -2.07. The van der Waals surface area contributed by atoms with E-state index in [0.717, 1.165) is 0 Å². The first kappa shape index (κ1) is 15.6. The summed E-state index contributed by atoms with van der Waals surface area (Å²) in [5, 5.41) is 18.4. The quantitative estimate of drug-likeness (QED) is 0.589. The van der Waals surface area contributed by atoms with Gasteiger partial charge in [0.2, 0.25) is 0 Å². The van der Waals surface area contributed by atoms with Gasteiger partial charge in [-0.1, -0.05) is 0 Å². The number of nitrogens with zero attached hydrogens (tertiary/aromatic N) is 4. The largest absolute Gasteiger partial charge is 0.322 e. The van der Waals surface area contributed by atoms with Crippen LogP contribution >= 0.6 is 0 Å². The Bertz CT molecular complexity index is 960. The van der Waals surface area contributed by atoms with Crippen LogP contribution in [0, 0.1) is 24.0 Å². The highest BCUT2D eigenvalue weighted by atomic mass is 16.6. The second kappa shape index (κ2) is 5.73. The van der Waals surface area contributed by atoms with Crippen LogP contribution in [-0.2, 0) is 7.05 Å². The number of anilines is 1. The van der Waals surface area contributed by atoms with E-state index in [2.05, 4.69) is 15.4 Å².